The van der Waals surface area contributed by atoms with E-state index in [0.717, 1.165) is 72.8 Å². The lowest BCUT2D eigenvalue weighted by atomic mass is 9.79. The Morgan fingerprint density at radius 3 is 2.45 bits per heavy atom. The van der Waals surface area contributed by atoms with Crippen molar-refractivity contribution in [2.75, 3.05) is 31.6 Å². The molecule has 3 aromatic rings. The van der Waals surface area contributed by atoms with E-state index in [9.17, 15) is 14.7 Å². The molecule has 3 saturated carbocycles. The van der Waals surface area contributed by atoms with Gasteiger partial charge in [-0.25, -0.2) is 14.8 Å². The monoisotopic (exact) mass is 671 g/mol. The van der Waals surface area contributed by atoms with Gasteiger partial charge < -0.3 is 23.9 Å². The maximum Gasteiger partial charge on any atom is 0.410 e. The highest BCUT2D eigenvalue weighted by molar-refractivity contribution is 5.94. The molecule has 1 N–H and O–H groups in total. The Labute approximate surface area is 288 Å². The molecule has 1 atom stereocenters. The molecule has 0 aromatic carbocycles. The lowest BCUT2D eigenvalue weighted by molar-refractivity contribution is -0.124. The van der Waals surface area contributed by atoms with Crippen LogP contribution in [0.3, 0.4) is 0 Å². The smallest absolute Gasteiger partial charge is 0.410 e. The van der Waals surface area contributed by atoms with Crippen LogP contribution < -0.4 is 9.64 Å². The van der Waals surface area contributed by atoms with Crippen molar-refractivity contribution in [3.05, 3.63) is 54.0 Å². The molecule has 4 heterocycles. The molecule has 4 fully saturated rings. The van der Waals surface area contributed by atoms with Gasteiger partial charge in [-0.2, -0.15) is 0 Å². The summed E-state index contributed by atoms with van der Waals surface area (Å²) in [6, 6.07) is 8.00. The number of aryl methyl sites for hydroxylation is 1. The normalized spacial score (nSPS) is 27.1. The van der Waals surface area contributed by atoms with Gasteiger partial charge in [-0.15, -0.1) is 0 Å². The summed E-state index contributed by atoms with van der Waals surface area (Å²) in [5, 5.41) is 10.3. The largest absolute Gasteiger partial charge is 0.495 e. The fourth-order valence-electron chi connectivity index (χ4n) is 7.84. The third kappa shape index (κ3) is 7.77. The second kappa shape index (κ2) is 14.1. The molecule has 262 valence electrons. The molecule has 49 heavy (non-hydrogen) atoms. The van der Waals surface area contributed by atoms with E-state index in [4.69, 9.17) is 28.8 Å². The molecule has 11 nitrogen and oxygen atoms in total. The molecular weight excluding hydrogens is 622 g/mol. The van der Waals surface area contributed by atoms with Crippen molar-refractivity contribution in [3.63, 3.8) is 0 Å². The van der Waals surface area contributed by atoms with Gasteiger partial charge in [0.25, 0.3) is 0 Å². The first-order valence-corrected chi connectivity index (χ1v) is 18.1. The number of aromatic nitrogens is 3. The molecule has 0 radical (unpaired) electrons. The topological polar surface area (TPSA) is 131 Å². The number of nitrogens with zero attached hydrogens (tertiary/aromatic N) is 5. The van der Waals surface area contributed by atoms with Crippen LogP contribution in [-0.4, -0.2) is 75.4 Å². The van der Waals surface area contributed by atoms with Crippen LogP contribution in [0.4, 0.5) is 10.6 Å². The average molecular weight is 672 g/mol. The van der Waals surface area contributed by atoms with Crippen LogP contribution in [0.15, 0.2) is 41.1 Å². The van der Waals surface area contributed by atoms with Gasteiger partial charge in [0.1, 0.15) is 29.6 Å². The van der Waals surface area contributed by atoms with Crippen molar-refractivity contribution in [2.45, 2.75) is 108 Å². The minimum Gasteiger partial charge on any atom is -0.495 e. The highest BCUT2D eigenvalue weighted by Gasteiger charge is 2.38. The van der Waals surface area contributed by atoms with E-state index < -0.39 is 5.60 Å². The summed E-state index contributed by atoms with van der Waals surface area (Å²) in [6.45, 7) is 5.12. The first-order chi connectivity index (χ1) is 23.7. The Morgan fingerprint density at radius 2 is 1.78 bits per heavy atom. The van der Waals surface area contributed by atoms with Crippen molar-refractivity contribution in [1.82, 2.24) is 19.9 Å². The lowest BCUT2D eigenvalue weighted by Crippen LogP contribution is -2.43. The van der Waals surface area contributed by atoms with Gasteiger partial charge in [0, 0.05) is 48.3 Å². The molecule has 1 aliphatic heterocycles. The molecule has 3 aliphatic carbocycles. The summed E-state index contributed by atoms with van der Waals surface area (Å²) in [5.74, 6) is 3.29. The number of carbonyl (C=O) groups excluding carboxylic acids is 2. The van der Waals surface area contributed by atoms with E-state index in [2.05, 4.69) is 6.07 Å². The van der Waals surface area contributed by atoms with Gasteiger partial charge >= 0.3 is 6.09 Å². The summed E-state index contributed by atoms with van der Waals surface area (Å²) in [4.78, 5) is 45.0. The van der Waals surface area contributed by atoms with Crippen LogP contribution in [0.25, 0.3) is 11.3 Å². The van der Waals surface area contributed by atoms with Crippen molar-refractivity contribution >= 4 is 17.8 Å². The zero-order chi connectivity index (χ0) is 34.1. The molecule has 0 unspecified atom stereocenters. The van der Waals surface area contributed by atoms with Crippen molar-refractivity contribution in [2.24, 2.45) is 11.8 Å². The van der Waals surface area contributed by atoms with Crippen LogP contribution in [-0.2, 0) is 9.53 Å². The Kier molecular flexibility index (Phi) is 9.64. The van der Waals surface area contributed by atoms with Crippen LogP contribution in [0.2, 0.25) is 0 Å². The van der Waals surface area contributed by atoms with Gasteiger partial charge in [0.05, 0.1) is 24.9 Å². The number of β-amino-alcohol motifs (C(OH)–C–C–N with tert-alkyl or cyclic N) is 1. The second-order valence-electron chi connectivity index (χ2n) is 15.0. The van der Waals surface area contributed by atoms with Crippen LogP contribution in [0.1, 0.15) is 107 Å². The molecule has 7 rings (SSSR count). The van der Waals surface area contributed by atoms with E-state index in [1.807, 2.05) is 30.0 Å². The minimum atomic E-state index is -0.865. The highest BCUT2D eigenvalue weighted by Crippen LogP contribution is 2.41. The number of ether oxygens (including phenoxy) is 2. The van der Waals surface area contributed by atoms with Crippen LogP contribution in [0, 0.1) is 18.8 Å². The minimum absolute atomic E-state index is 0.0819. The van der Waals surface area contributed by atoms with Crippen molar-refractivity contribution in [3.8, 4) is 17.0 Å². The third-order valence-corrected chi connectivity index (χ3v) is 11.0. The van der Waals surface area contributed by atoms with Gasteiger partial charge in [-0.05, 0) is 115 Å². The number of amides is 2. The molecule has 0 spiro atoms. The summed E-state index contributed by atoms with van der Waals surface area (Å²) >= 11 is 0. The maximum atomic E-state index is 14.4. The predicted octanol–water partition coefficient (Wildman–Crippen LogP) is 6.79. The Balaban J connectivity index is 1.03. The van der Waals surface area contributed by atoms with Crippen molar-refractivity contribution < 1.29 is 28.6 Å². The number of oxazole rings is 1. The zero-order valence-corrected chi connectivity index (χ0v) is 29.0. The molecular formula is C38H49N5O6. The number of hydrogen-bond donors (Lipinski definition) is 1. The number of carbonyl (C=O) groups is 2. The van der Waals surface area contributed by atoms with Crippen LogP contribution in [0.5, 0.6) is 5.75 Å². The number of likely N-dealkylation sites (tertiary alicyclic amines) is 1. The number of anilines is 1. The molecule has 2 amide bonds. The summed E-state index contributed by atoms with van der Waals surface area (Å²) in [7, 11) is 1.67. The van der Waals surface area contributed by atoms with Gasteiger partial charge in [0.2, 0.25) is 5.91 Å². The maximum absolute atomic E-state index is 14.4. The summed E-state index contributed by atoms with van der Waals surface area (Å²) < 4.78 is 17.0. The van der Waals surface area contributed by atoms with Crippen LogP contribution >= 0.6 is 0 Å². The van der Waals surface area contributed by atoms with E-state index >= 15 is 0 Å². The Morgan fingerprint density at radius 1 is 1.02 bits per heavy atom. The molecule has 11 heteroatoms. The number of rotatable bonds is 9. The zero-order valence-electron chi connectivity index (χ0n) is 29.0. The molecule has 4 aliphatic rings. The lowest BCUT2D eigenvalue weighted by Gasteiger charge is -2.35. The average Bonchev–Trinajstić information content (AvgIpc) is 3.72. The predicted molar refractivity (Wildman–Crippen MR) is 183 cm³/mol. The molecule has 3 aromatic heterocycles. The number of methoxy groups -OCH3 is 1. The quantitative estimate of drug-likeness (QED) is 0.261. The van der Waals surface area contributed by atoms with Gasteiger partial charge in [0.15, 0.2) is 5.89 Å². The molecule has 1 saturated heterocycles. The third-order valence-electron chi connectivity index (χ3n) is 11.0. The number of hydrogen-bond acceptors (Lipinski definition) is 9. The summed E-state index contributed by atoms with van der Waals surface area (Å²) in [5.41, 5.74) is 2.82. The highest BCUT2D eigenvalue weighted by atomic mass is 16.6. The SMILES string of the molecule is COc1ccc(C2CCC(CN(C(=O)C3CCC(OC(=O)N4CC[C@](C)(O)C4)CC3)c3cc(-c4coc(C5CC5)n4)ccn3)CC2)nc1C. The second-order valence-corrected chi connectivity index (χ2v) is 15.0. The fourth-order valence-corrected chi connectivity index (χ4v) is 7.84. The van der Waals surface area contributed by atoms with Gasteiger partial charge in [-0.3, -0.25) is 14.7 Å². The number of pyridine rings is 2. The fraction of sp³-hybridized carbons (Fsp3) is 0.605. The van der Waals surface area contributed by atoms with E-state index in [1.165, 1.54) is 0 Å². The Hall–Kier alpha value is -3.99. The molecule has 0 bridgehead atoms. The van der Waals surface area contributed by atoms with E-state index in [1.54, 1.807) is 31.4 Å². The summed E-state index contributed by atoms with van der Waals surface area (Å²) in [6.07, 6.45) is 12.2. The Bertz CT molecular complexity index is 1640. The van der Waals surface area contributed by atoms with Gasteiger partial charge in [-0.1, -0.05) is 0 Å². The van der Waals surface area contributed by atoms with Crippen molar-refractivity contribution in [1.29, 1.82) is 0 Å². The first-order valence-electron chi connectivity index (χ1n) is 18.1. The van der Waals surface area contributed by atoms with E-state index in [-0.39, 0.29) is 30.6 Å². The number of aliphatic hydroxyl groups is 1. The van der Waals surface area contributed by atoms with E-state index in [0.29, 0.717) is 68.8 Å². The first kappa shape index (κ1) is 33.5. The standard InChI is InChI=1S/C38H49N5O6/c1-24-33(47-3)15-14-31(40-24)26-6-4-25(5-7-26)21-43(34-20-29(16-18-39-34)32-22-48-35(41-32)27-8-9-27)36(44)28-10-12-30(13-11-28)49-37(45)42-19-17-38(2,46)23-42/h14-16,18,20,22,25-28,30,46H,4-13,17,19,21,23H2,1-3H3/t25?,26?,28?,30?,38-/m0/s1.